The predicted octanol–water partition coefficient (Wildman–Crippen LogP) is -0.190. The number of rotatable bonds is 3. The maximum Gasteiger partial charge on any atom is 0.157 e. The summed E-state index contributed by atoms with van der Waals surface area (Å²) in [5.74, 6) is 1.24. The third-order valence-electron chi connectivity index (χ3n) is 3.81. The summed E-state index contributed by atoms with van der Waals surface area (Å²) in [5, 5.41) is 15.2. The Morgan fingerprint density at radius 1 is 1.43 bits per heavy atom. The highest BCUT2D eigenvalue weighted by atomic mass is 32.2. The van der Waals surface area contributed by atoms with Crippen LogP contribution in [0.5, 0.6) is 0 Å². The fourth-order valence-electron chi connectivity index (χ4n) is 2.53. The van der Waals surface area contributed by atoms with Gasteiger partial charge in [0.25, 0.3) is 0 Å². The number of sulfone groups is 1. The zero-order chi connectivity index (χ0) is 15.2. The third-order valence-corrected chi connectivity index (χ3v) is 5.31. The van der Waals surface area contributed by atoms with Gasteiger partial charge in [-0.15, -0.1) is 10.2 Å². The van der Waals surface area contributed by atoms with Crippen LogP contribution in [0.3, 0.4) is 0 Å². The number of nitrogens with zero attached hydrogens (tertiary/aromatic N) is 5. The zero-order valence-electron chi connectivity index (χ0n) is 12.2. The molecule has 0 amide bonds. The highest BCUT2D eigenvalue weighted by molar-refractivity contribution is 7.90. The van der Waals surface area contributed by atoms with Crippen LogP contribution in [0.2, 0.25) is 0 Å². The van der Waals surface area contributed by atoms with E-state index in [9.17, 15) is 8.42 Å². The van der Waals surface area contributed by atoms with Crippen molar-refractivity contribution in [1.82, 2.24) is 29.9 Å². The second kappa shape index (κ2) is 4.92. The molecule has 9 heteroatoms. The van der Waals surface area contributed by atoms with E-state index in [2.05, 4.69) is 20.6 Å². The van der Waals surface area contributed by atoms with Crippen molar-refractivity contribution in [1.29, 1.82) is 0 Å². The highest BCUT2D eigenvalue weighted by Crippen LogP contribution is 2.27. The van der Waals surface area contributed by atoms with Gasteiger partial charge in [0.05, 0.1) is 12.2 Å². The summed E-state index contributed by atoms with van der Waals surface area (Å²) in [7, 11) is -1.34. The number of hydrogen-bond acceptors (Lipinski definition) is 6. The minimum atomic E-state index is -3.20. The predicted molar refractivity (Wildman–Crippen MR) is 76.3 cm³/mol. The SMILES string of the molecule is CC(c1nnc2n1CCNC2c1cnn(C)c1)S(C)(=O)=O. The molecule has 2 atom stereocenters. The van der Waals surface area contributed by atoms with Crippen LogP contribution in [0, 0.1) is 0 Å². The van der Waals surface area contributed by atoms with Crippen molar-refractivity contribution in [3.8, 4) is 0 Å². The lowest BCUT2D eigenvalue weighted by atomic mass is 10.1. The summed E-state index contributed by atoms with van der Waals surface area (Å²) in [5.41, 5.74) is 0.990. The molecular weight excluding hydrogens is 292 g/mol. The normalized spacial score (nSPS) is 20.2. The van der Waals surface area contributed by atoms with Gasteiger partial charge in [-0.1, -0.05) is 0 Å². The van der Waals surface area contributed by atoms with Gasteiger partial charge in [0.15, 0.2) is 21.5 Å². The van der Waals surface area contributed by atoms with E-state index < -0.39 is 15.1 Å². The molecule has 0 fully saturated rings. The largest absolute Gasteiger partial charge is 0.311 e. The number of nitrogens with one attached hydrogen (secondary N) is 1. The van der Waals surface area contributed by atoms with Crippen molar-refractivity contribution >= 4 is 9.84 Å². The fourth-order valence-corrected chi connectivity index (χ4v) is 3.09. The quantitative estimate of drug-likeness (QED) is 0.844. The Morgan fingerprint density at radius 2 is 2.19 bits per heavy atom. The molecule has 2 aromatic rings. The third kappa shape index (κ3) is 2.46. The van der Waals surface area contributed by atoms with Crippen LogP contribution in [-0.4, -0.2) is 45.8 Å². The lowest BCUT2D eigenvalue weighted by Crippen LogP contribution is -2.35. The van der Waals surface area contributed by atoms with Crippen molar-refractivity contribution in [3.05, 3.63) is 29.6 Å². The molecule has 1 aliphatic heterocycles. The van der Waals surface area contributed by atoms with Crippen LogP contribution in [0.15, 0.2) is 12.4 Å². The van der Waals surface area contributed by atoms with E-state index in [1.54, 1.807) is 17.8 Å². The molecule has 0 aromatic carbocycles. The fraction of sp³-hybridized carbons (Fsp3) is 0.583. The summed E-state index contributed by atoms with van der Waals surface area (Å²) in [6.45, 7) is 3.04. The van der Waals surface area contributed by atoms with Crippen molar-refractivity contribution in [3.63, 3.8) is 0 Å². The van der Waals surface area contributed by atoms with Crippen LogP contribution >= 0.6 is 0 Å². The zero-order valence-corrected chi connectivity index (χ0v) is 13.0. The van der Waals surface area contributed by atoms with E-state index in [-0.39, 0.29) is 6.04 Å². The van der Waals surface area contributed by atoms with E-state index in [4.69, 9.17) is 0 Å². The van der Waals surface area contributed by atoms with Gasteiger partial charge in [0.2, 0.25) is 0 Å². The van der Waals surface area contributed by atoms with Crippen molar-refractivity contribution in [2.75, 3.05) is 12.8 Å². The van der Waals surface area contributed by atoms with Gasteiger partial charge < -0.3 is 9.88 Å². The summed E-state index contributed by atoms with van der Waals surface area (Å²) in [4.78, 5) is 0. The number of aromatic nitrogens is 5. The molecule has 0 spiro atoms. The Hall–Kier alpha value is -1.74. The Labute approximate surface area is 123 Å². The molecule has 0 saturated carbocycles. The number of fused-ring (bicyclic) bond motifs is 1. The standard InChI is InChI=1S/C12H18N6O2S/c1-8(21(3,19)20)11-15-16-12-10(13-4-5-18(11)12)9-6-14-17(2)7-9/h6-8,10,13H,4-5H2,1-3H3. The molecule has 2 unspecified atom stereocenters. The Bertz CT molecular complexity index is 763. The van der Waals surface area contributed by atoms with Crippen LogP contribution in [-0.2, 0) is 23.4 Å². The first-order chi connectivity index (χ1) is 9.88. The first-order valence-electron chi connectivity index (χ1n) is 6.71. The molecule has 2 aromatic heterocycles. The molecule has 21 heavy (non-hydrogen) atoms. The van der Waals surface area contributed by atoms with Crippen LogP contribution in [0.4, 0.5) is 0 Å². The summed E-state index contributed by atoms with van der Waals surface area (Å²) >= 11 is 0. The smallest absolute Gasteiger partial charge is 0.157 e. The van der Waals surface area contributed by atoms with Gasteiger partial charge in [-0.25, -0.2) is 8.42 Å². The van der Waals surface area contributed by atoms with Crippen LogP contribution in [0.25, 0.3) is 0 Å². The van der Waals surface area contributed by atoms with E-state index in [0.717, 1.165) is 17.9 Å². The van der Waals surface area contributed by atoms with Gasteiger partial charge in [-0.3, -0.25) is 4.68 Å². The average Bonchev–Trinajstić information content (AvgIpc) is 3.02. The second-order valence-corrected chi connectivity index (χ2v) is 7.74. The topological polar surface area (TPSA) is 94.7 Å². The lowest BCUT2D eigenvalue weighted by molar-refractivity contribution is 0.446. The molecule has 8 nitrogen and oxygen atoms in total. The van der Waals surface area contributed by atoms with E-state index in [1.807, 2.05) is 17.8 Å². The van der Waals surface area contributed by atoms with Crippen molar-refractivity contribution in [2.24, 2.45) is 7.05 Å². The average molecular weight is 310 g/mol. The molecule has 3 rings (SSSR count). The molecule has 0 saturated heterocycles. The van der Waals surface area contributed by atoms with Crippen molar-refractivity contribution in [2.45, 2.75) is 24.8 Å². The Kier molecular flexibility index (Phi) is 3.33. The van der Waals surface area contributed by atoms with Gasteiger partial charge in [0, 0.05) is 38.2 Å². The summed E-state index contributed by atoms with van der Waals surface area (Å²) in [6, 6.07) is -0.111. The van der Waals surface area contributed by atoms with E-state index in [0.29, 0.717) is 12.4 Å². The van der Waals surface area contributed by atoms with Crippen LogP contribution < -0.4 is 5.32 Å². The molecule has 3 heterocycles. The number of hydrogen-bond donors (Lipinski definition) is 1. The van der Waals surface area contributed by atoms with Crippen molar-refractivity contribution < 1.29 is 8.42 Å². The minimum Gasteiger partial charge on any atom is -0.311 e. The van der Waals surface area contributed by atoms with Gasteiger partial charge >= 0.3 is 0 Å². The molecule has 1 N–H and O–H groups in total. The van der Waals surface area contributed by atoms with Gasteiger partial charge in [-0.05, 0) is 6.92 Å². The van der Waals surface area contributed by atoms with E-state index >= 15 is 0 Å². The van der Waals surface area contributed by atoms with Crippen LogP contribution in [0.1, 0.15) is 35.4 Å². The Balaban J connectivity index is 2.03. The first kappa shape index (κ1) is 14.2. The minimum absolute atomic E-state index is 0.111. The summed E-state index contributed by atoms with van der Waals surface area (Å²) in [6.07, 6.45) is 4.92. The molecule has 0 bridgehead atoms. The maximum atomic E-state index is 11.8. The van der Waals surface area contributed by atoms with Gasteiger partial charge in [-0.2, -0.15) is 5.10 Å². The van der Waals surface area contributed by atoms with E-state index in [1.165, 1.54) is 6.26 Å². The molecule has 1 aliphatic rings. The highest BCUT2D eigenvalue weighted by Gasteiger charge is 2.31. The first-order valence-corrected chi connectivity index (χ1v) is 8.67. The lowest BCUT2D eigenvalue weighted by Gasteiger charge is -2.25. The molecule has 0 radical (unpaired) electrons. The molecule has 0 aliphatic carbocycles. The summed E-state index contributed by atoms with van der Waals surface area (Å²) < 4.78 is 27.2. The molecule has 114 valence electrons. The monoisotopic (exact) mass is 310 g/mol. The maximum absolute atomic E-state index is 11.8. The number of aryl methyl sites for hydroxylation is 1. The Morgan fingerprint density at radius 3 is 2.81 bits per heavy atom. The second-order valence-electron chi connectivity index (χ2n) is 5.37. The molecular formula is C12H18N6O2S. The van der Waals surface area contributed by atoms with Gasteiger partial charge in [0.1, 0.15) is 5.25 Å².